The highest BCUT2D eigenvalue weighted by Crippen LogP contribution is 2.39. The normalized spacial score (nSPS) is 34.1. The van der Waals surface area contributed by atoms with Gasteiger partial charge >= 0.3 is 0 Å². The minimum absolute atomic E-state index is 0. The van der Waals surface area contributed by atoms with Crippen molar-refractivity contribution in [3.63, 3.8) is 0 Å². The van der Waals surface area contributed by atoms with Crippen molar-refractivity contribution in [3.05, 3.63) is 0 Å². The Hall–Kier alpha value is -0.320. The van der Waals surface area contributed by atoms with Crippen molar-refractivity contribution in [2.75, 3.05) is 40.4 Å². The first-order valence-corrected chi connectivity index (χ1v) is 5.17. The minimum atomic E-state index is -0.179. The number of hydrogen-bond acceptors (Lipinski definition) is 3. The van der Waals surface area contributed by atoms with E-state index in [1.54, 1.807) is 4.90 Å². The summed E-state index contributed by atoms with van der Waals surface area (Å²) in [6, 6.07) is 0. The number of amides is 1. The van der Waals surface area contributed by atoms with Crippen molar-refractivity contribution >= 4 is 18.3 Å². The summed E-state index contributed by atoms with van der Waals surface area (Å²) in [5, 5.41) is 3.31. The number of hydrogen-bond donors (Lipinski definition) is 1. The molecule has 4 nitrogen and oxygen atoms in total. The zero-order chi connectivity index (χ0) is 10.2. The highest BCUT2D eigenvalue weighted by molar-refractivity contribution is 5.85. The molecule has 0 aromatic carbocycles. The van der Waals surface area contributed by atoms with Crippen LogP contribution in [0.5, 0.6) is 0 Å². The fraction of sp³-hybridized carbons (Fsp3) is 0.900. The number of carbonyl (C=O) groups excluding carboxylic acids is 1. The third-order valence-electron chi connectivity index (χ3n) is 3.46. The number of fused-ring (bicyclic) bond motifs is 1. The van der Waals surface area contributed by atoms with Crippen molar-refractivity contribution in [2.45, 2.75) is 6.42 Å². The molecule has 1 N–H and O–H groups in total. The maximum atomic E-state index is 12.1. The van der Waals surface area contributed by atoms with E-state index in [2.05, 4.69) is 5.32 Å². The van der Waals surface area contributed by atoms with Crippen LogP contribution in [0.2, 0.25) is 0 Å². The monoisotopic (exact) mass is 234 g/mol. The van der Waals surface area contributed by atoms with E-state index in [-0.39, 0.29) is 23.7 Å². The molecule has 2 rings (SSSR count). The molecule has 2 heterocycles. The Morgan fingerprint density at radius 2 is 2.27 bits per heavy atom. The molecule has 2 atom stereocenters. The molecule has 2 aliphatic rings. The molecule has 1 amide bonds. The van der Waals surface area contributed by atoms with E-state index in [1.807, 2.05) is 14.1 Å². The Labute approximate surface area is 96.7 Å². The first-order chi connectivity index (χ1) is 6.67. The zero-order valence-corrected chi connectivity index (χ0v) is 10.1. The smallest absolute Gasteiger partial charge is 0.230 e. The standard InChI is InChI=1S/C10H18N2O2.ClH/c1-12(2)9(13)10-3-4-14-6-8(10)5-11-7-10;/h8,11H,3-7H2,1-2H3;1H. The van der Waals surface area contributed by atoms with Crippen LogP contribution in [0, 0.1) is 11.3 Å². The van der Waals surface area contributed by atoms with Gasteiger partial charge in [0.1, 0.15) is 0 Å². The molecular weight excluding hydrogens is 216 g/mol. The number of halogens is 1. The predicted octanol–water partition coefficient (Wildman–Crippen LogP) is 0.122. The van der Waals surface area contributed by atoms with Gasteiger partial charge in [-0.3, -0.25) is 4.79 Å². The second-order valence-electron chi connectivity index (χ2n) is 4.51. The van der Waals surface area contributed by atoms with E-state index in [9.17, 15) is 4.79 Å². The van der Waals surface area contributed by atoms with Gasteiger partial charge in [-0.1, -0.05) is 0 Å². The van der Waals surface area contributed by atoms with E-state index in [4.69, 9.17) is 4.74 Å². The molecule has 0 aliphatic carbocycles. The summed E-state index contributed by atoms with van der Waals surface area (Å²) in [6.07, 6.45) is 0.863. The summed E-state index contributed by atoms with van der Waals surface area (Å²) in [5.41, 5.74) is -0.179. The maximum absolute atomic E-state index is 12.1. The number of nitrogens with one attached hydrogen (secondary N) is 1. The highest BCUT2D eigenvalue weighted by atomic mass is 35.5. The van der Waals surface area contributed by atoms with Crippen molar-refractivity contribution in [2.24, 2.45) is 11.3 Å². The highest BCUT2D eigenvalue weighted by Gasteiger charge is 2.51. The van der Waals surface area contributed by atoms with Gasteiger partial charge in [-0.15, -0.1) is 12.4 Å². The molecule has 15 heavy (non-hydrogen) atoms. The Morgan fingerprint density at radius 1 is 1.53 bits per heavy atom. The predicted molar refractivity (Wildman–Crippen MR) is 60.2 cm³/mol. The van der Waals surface area contributed by atoms with Gasteiger partial charge in [-0.05, 0) is 6.42 Å². The van der Waals surface area contributed by atoms with Crippen LogP contribution < -0.4 is 5.32 Å². The van der Waals surface area contributed by atoms with Gasteiger partial charge in [0.15, 0.2) is 0 Å². The molecule has 0 saturated carbocycles. The van der Waals surface area contributed by atoms with Gasteiger partial charge in [0, 0.05) is 39.7 Å². The largest absolute Gasteiger partial charge is 0.381 e. The summed E-state index contributed by atoms with van der Waals surface area (Å²) in [4.78, 5) is 13.8. The summed E-state index contributed by atoms with van der Waals surface area (Å²) >= 11 is 0. The molecule has 88 valence electrons. The lowest BCUT2D eigenvalue weighted by Crippen LogP contribution is -2.49. The van der Waals surface area contributed by atoms with Crippen molar-refractivity contribution in [3.8, 4) is 0 Å². The van der Waals surface area contributed by atoms with Crippen LogP contribution in [-0.2, 0) is 9.53 Å². The summed E-state index contributed by atoms with van der Waals surface area (Å²) in [6.45, 7) is 3.18. The van der Waals surface area contributed by atoms with Crippen LogP contribution in [0.4, 0.5) is 0 Å². The summed E-state index contributed by atoms with van der Waals surface area (Å²) < 4.78 is 5.43. The Balaban J connectivity index is 0.00000112. The fourth-order valence-electron chi connectivity index (χ4n) is 2.60. The summed E-state index contributed by atoms with van der Waals surface area (Å²) in [5.74, 6) is 0.627. The molecule has 0 aromatic heterocycles. The summed E-state index contributed by atoms with van der Waals surface area (Å²) in [7, 11) is 3.67. The van der Waals surface area contributed by atoms with Crippen molar-refractivity contribution in [1.82, 2.24) is 10.2 Å². The molecule has 0 spiro atoms. The Morgan fingerprint density at radius 3 is 2.93 bits per heavy atom. The SMILES string of the molecule is CN(C)C(=O)C12CCOCC1CNC2.Cl. The van der Waals surface area contributed by atoms with Crippen LogP contribution in [0.25, 0.3) is 0 Å². The number of nitrogens with zero attached hydrogens (tertiary/aromatic N) is 1. The second-order valence-corrected chi connectivity index (χ2v) is 4.51. The topological polar surface area (TPSA) is 41.6 Å². The molecule has 2 unspecified atom stereocenters. The van der Waals surface area contributed by atoms with Gasteiger partial charge in [-0.2, -0.15) is 0 Å². The molecule has 5 heteroatoms. The number of rotatable bonds is 1. The molecule has 2 saturated heterocycles. The lowest BCUT2D eigenvalue weighted by Gasteiger charge is -2.38. The van der Waals surface area contributed by atoms with Crippen LogP contribution in [0.15, 0.2) is 0 Å². The molecule has 2 fully saturated rings. The van der Waals surface area contributed by atoms with Gasteiger partial charge in [-0.25, -0.2) is 0 Å². The number of carbonyl (C=O) groups is 1. The average molecular weight is 235 g/mol. The third kappa shape index (κ3) is 1.98. The fourth-order valence-corrected chi connectivity index (χ4v) is 2.60. The zero-order valence-electron chi connectivity index (χ0n) is 9.28. The van der Waals surface area contributed by atoms with Gasteiger partial charge < -0.3 is 15.0 Å². The van der Waals surface area contributed by atoms with E-state index >= 15 is 0 Å². The maximum Gasteiger partial charge on any atom is 0.230 e. The molecular formula is C10H19ClN2O2. The molecule has 2 aliphatic heterocycles. The molecule has 0 aromatic rings. The number of ether oxygens (including phenoxy) is 1. The minimum Gasteiger partial charge on any atom is -0.381 e. The van der Waals surface area contributed by atoms with Crippen molar-refractivity contribution < 1.29 is 9.53 Å². The van der Waals surface area contributed by atoms with Crippen LogP contribution in [0.3, 0.4) is 0 Å². The molecule has 0 radical (unpaired) electrons. The van der Waals surface area contributed by atoms with Gasteiger partial charge in [0.25, 0.3) is 0 Å². The van der Waals surface area contributed by atoms with Gasteiger partial charge in [0.05, 0.1) is 12.0 Å². The van der Waals surface area contributed by atoms with E-state index in [1.165, 1.54) is 0 Å². The van der Waals surface area contributed by atoms with Crippen LogP contribution in [0.1, 0.15) is 6.42 Å². The van der Waals surface area contributed by atoms with E-state index in [0.717, 1.165) is 32.7 Å². The Bertz CT molecular complexity index is 248. The van der Waals surface area contributed by atoms with E-state index in [0.29, 0.717) is 5.92 Å². The van der Waals surface area contributed by atoms with Gasteiger partial charge in [0.2, 0.25) is 5.91 Å². The second kappa shape index (κ2) is 4.68. The van der Waals surface area contributed by atoms with Crippen LogP contribution in [-0.4, -0.2) is 51.2 Å². The average Bonchev–Trinajstić information content (AvgIpc) is 2.60. The quantitative estimate of drug-likeness (QED) is 0.701. The first-order valence-electron chi connectivity index (χ1n) is 5.17. The lowest BCUT2D eigenvalue weighted by molar-refractivity contribution is -0.147. The van der Waals surface area contributed by atoms with Crippen molar-refractivity contribution in [1.29, 1.82) is 0 Å². The third-order valence-corrected chi connectivity index (χ3v) is 3.46. The van der Waals surface area contributed by atoms with E-state index < -0.39 is 0 Å². The first kappa shape index (κ1) is 12.7. The molecule has 0 bridgehead atoms. The lowest BCUT2D eigenvalue weighted by atomic mass is 9.73. The van der Waals surface area contributed by atoms with Crippen LogP contribution >= 0.6 is 12.4 Å². The Kier molecular flexibility index (Phi) is 3.98.